The molecule has 0 spiro atoms. The van der Waals surface area contributed by atoms with Gasteiger partial charge in [0.05, 0.1) is 6.04 Å². The Kier molecular flexibility index (Phi) is 3.78. The van der Waals surface area contributed by atoms with Crippen molar-refractivity contribution in [3.63, 3.8) is 0 Å². The Morgan fingerprint density at radius 1 is 1.20 bits per heavy atom. The number of nitrogens with zero attached hydrogens (tertiary/aromatic N) is 1. The highest BCUT2D eigenvalue weighted by molar-refractivity contribution is 6.19. The summed E-state index contributed by atoms with van der Waals surface area (Å²) in [5.74, 6) is -1.05. The summed E-state index contributed by atoms with van der Waals surface area (Å²) in [5.41, 5.74) is -1.17. The van der Waals surface area contributed by atoms with Gasteiger partial charge < -0.3 is 5.32 Å². The molecule has 2 aliphatic heterocycles. The Morgan fingerprint density at radius 3 is 2.35 bits per heavy atom. The van der Waals surface area contributed by atoms with Crippen LogP contribution in [0.15, 0.2) is 0 Å². The van der Waals surface area contributed by atoms with Crippen molar-refractivity contribution < 1.29 is 19.2 Å². The van der Waals surface area contributed by atoms with Gasteiger partial charge >= 0.3 is 6.03 Å². The fourth-order valence-corrected chi connectivity index (χ4v) is 2.84. The standard InChI is InChI=1S/C13H19N3O4/c1-3-13(4-2)10(18)15-12(20)16(11(13)19)8-5-6-9(17)14-7-8/h8H,3-7H2,1-2H3,(H,14,17)(H,15,18,20). The molecule has 0 saturated carbocycles. The van der Waals surface area contributed by atoms with Gasteiger partial charge in [-0.05, 0) is 19.3 Å². The maximum atomic E-state index is 12.6. The number of barbiturate groups is 1. The topological polar surface area (TPSA) is 95.6 Å². The largest absolute Gasteiger partial charge is 0.354 e. The van der Waals surface area contributed by atoms with Crippen molar-refractivity contribution >= 4 is 23.8 Å². The van der Waals surface area contributed by atoms with E-state index in [-0.39, 0.29) is 24.9 Å². The lowest BCUT2D eigenvalue weighted by atomic mass is 9.78. The summed E-state index contributed by atoms with van der Waals surface area (Å²) in [6, 6.07) is -1.07. The molecule has 0 aromatic carbocycles. The van der Waals surface area contributed by atoms with Crippen molar-refractivity contribution in [1.82, 2.24) is 15.5 Å². The maximum Gasteiger partial charge on any atom is 0.331 e. The Bertz CT molecular complexity index is 460. The SMILES string of the molecule is CCC1(CC)C(=O)NC(=O)N(C2CCC(=O)NC2)C1=O. The zero-order chi connectivity index (χ0) is 14.9. The van der Waals surface area contributed by atoms with Gasteiger partial charge in [0.1, 0.15) is 5.41 Å². The highest BCUT2D eigenvalue weighted by Crippen LogP contribution is 2.33. The molecule has 0 aromatic rings. The Hall–Kier alpha value is -1.92. The number of urea groups is 1. The fraction of sp³-hybridized carbons (Fsp3) is 0.692. The molecule has 2 saturated heterocycles. The second-order valence-electron chi connectivity index (χ2n) is 5.22. The van der Waals surface area contributed by atoms with E-state index in [1.807, 2.05) is 0 Å². The van der Waals surface area contributed by atoms with Gasteiger partial charge in [-0.3, -0.25) is 24.6 Å². The minimum absolute atomic E-state index is 0.0839. The van der Waals surface area contributed by atoms with Crippen LogP contribution in [0, 0.1) is 5.41 Å². The van der Waals surface area contributed by atoms with Gasteiger partial charge in [0.2, 0.25) is 17.7 Å². The molecule has 2 N–H and O–H groups in total. The Balaban J connectivity index is 2.28. The number of carbonyl (C=O) groups is 4. The molecule has 0 aromatic heterocycles. The Morgan fingerprint density at radius 2 is 1.85 bits per heavy atom. The molecule has 0 aliphatic carbocycles. The molecule has 7 heteroatoms. The van der Waals surface area contributed by atoms with E-state index in [4.69, 9.17) is 0 Å². The zero-order valence-corrected chi connectivity index (χ0v) is 11.7. The van der Waals surface area contributed by atoms with Crippen LogP contribution < -0.4 is 10.6 Å². The van der Waals surface area contributed by atoms with Crippen LogP contribution in [-0.2, 0) is 14.4 Å². The smallest absolute Gasteiger partial charge is 0.331 e. The van der Waals surface area contributed by atoms with Gasteiger partial charge in [-0.15, -0.1) is 0 Å². The number of nitrogens with one attached hydrogen (secondary N) is 2. The predicted octanol–water partition coefficient (Wildman–Crippen LogP) is 0.150. The van der Waals surface area contributed by atoms with Gasteiger partial charge in [-0.2, -0.15) is 0 Å². The van der Waals surface area contributed by atoms with Crippen LogP contribution in [-0.4, -0.2) is 41.2 Å². The quantitative estimate of drug-likeness (QED) is 0.720. The number of amides is 5. The number of carbonyl (C=O) groups excluding carboxylic acids is 4. The second-order valence-corrected chi connectivity index (χ2v) is 5.22. The molecule has 0 bridgehead atoms. The van der Waals surface area contributed by atoms with Crippen molar-refractivity contribution in [2.45, 2.75) is 45.6 Å². The summed E-state index contributed by atoms with van der Waals surface area (Å²) in [7, 11) is 0. The lowest BCUT2D eigenvalue weighted by Gasteiger charge is -2.42. The molecule has 1 unspecified atom stereocenters. The van der Waals surface area contributed by atoms with E-state index in [9.17, 15) is 19.2 Å². The molecule has 5 amide bonds. The normalized spacial score (nSPS) is 26.3. The molecular formula is C13H19N3O4. The summed E-state index contributed by atoms with van der Waals surface area (Å²) in [5, 5.41) is 4.92. The molecule has 110 valence electrons. The first-order valence-corrected chi connectivity index (χ1v) is 6.92. The van der Waals surface area contributed by atoms with Crippen LogP contribution in [0.25, 0.3) is 0 Å². The van der Waals surface area contributed by atoms with Gasteiger partial charge in [0.25, 0.3) is 0 Å². The summed E-state index contributed by atoms with van der Waals surface area (Å²) >= 11 is 0. The first-order valence-electron chi connectivity index (χ1n) is 6.92. The van der Waals surface area contributed by atoms with Crippen molar-refractivity contribution in [2.24, 2.45) is 5.41 Å². The third-order valence-electron chi connectivity index (χ3n) is 4.31. The molecule has 2 fully saturated rings. The highest BCUT2D eigenvalue weighted by Gasteiger charge is 2.53. The first-order chi connectivity index (χ1) is 9.46. The van der Waals surface area contributed by atoms with Crippen molar-refractivity contribution in [3.8, 4) is 0 Å². The van der Waals surface area contributed by atoms with Crippen LogP contribution in [0.1, 0.15) is 39.5 Å². The Labute approximate surface area is 117 Å². The summed E-state index contributed by atoms with van der Waals surface area (Å²) in [6.07, 6.45) is 1.40. The molecule has 2 heterocycles. The van der Waals surface area contributed by atoms with Gasteiger partial charge in [0.15, 0.2) is 0 Å². The first kappa shape index (κ1) is 14.5. The van der Waals surface area contributed by atoms with Gasteiger partial charge in [-0.25, -0.2) is 4.79 Å². The second kappa shape index (κ2) is 5.22. The zero-order valence-electron chi connectivity index (χ0n) is 11.7. The van der Waals surface area contributed by atoms with Crippen molar-refractivity contribution in [2.75, 3.05) is 6.54 Å². The molecule has 2 aliphatic rings. The minimum atomic E-state index is -1.17. The van der Waals surface area contributed by atoms with Crippen molar-refractivity contribution in [3.05, 3.63) is 0 Å². The third kappa shape index (κ3) is 2.07. The van der Waals surface area contributed by atoms with Crippen molar-refractivity contribution in [1.29, 1.82) is 0 Å². The molecular weight excluding hydrogens is 262 g/mol. The van der Waals surface area contributed by atoms with E-state index in [1.165, 1.54) is 0 Å². The fourth-order valence-electron chi connectivity index (χ4n) is 2.84. The lowest BCUT2D eigenvalue weighted by molar-refractivity contribution is -0.154. The van der Waals surface area contributed by atoms with E-state index < -0.39 is 23.3 Å². The van der Waals surface area contributed by atoms with E-state index in [0.29, 0.717) is 19.3 Å². The molecule has 7 nitrogen and oxygen atoms in total. The number of imide groups is 2. The minimum Gasteiger partial charge on any atom is -0.354 e. The average Bonchev–Trinajstić information content (AvgIpc) is 2.42. The van der Waals surface area contributed by atoms with Crippen LogP contribution >= 0.6 is 0 Å². The van der Waals surface area contributed by atoms with E-state index in [0.717, 1.165) is 4.90 Å². The molecule has 2 rings (SSSR count). The summed E-state index contributed by atoms with van der Waals surface area (Å²) < 4.78 is 0. The van der Waals surface area contributed by atoms with Gasteiger partial charge in [0, 0.05) is 13.0 Å². The maximum absolute atomic E-state index is 12.6. The van der Waals surface area contributed by atoms with Crippen LogP contribution in [0.5, 0.6) is 0 Å². The van der Waals surface area contributed by atoms with E-state index in [1.54, 1.807) is 13.8 Å². The molecule has 1 atom stereocenters. The molecule has 0 radical (unpaired) electrons. The number of rotatable bonds is 3. The van der Waals surface area contributed by atoms with Crippen LogP contribution in [0.3, 0.4) is 0 Å². The third-order valence-corrected chi connectivity index (χ3v) is 4.31. The highest BCUT2D eigenvalue weighted by atomic mass is 16.2. The van der Waals surface area contributed by atoms with Crippen LogP contribution in [0.2, 0.25) is 0 Å². The van der Waals surface area contributed by atoms with Crippen LogP contribution in [0.4, 0.5) is 4.79 Å². The predicted molar refractivity (Wildman–Crippen MR) is 69.4 cm³/mol. The number of piperidine rings is 1. The van der Waals surface area contributed by atoms with E-state index >= 15 is 0 Å². The lowest BCUT2D eigenvalue weighted by Crippen LogP contribution is -2.67. The monoisotopic (exact) mass is 281 g/mol. The average molecular weight is 281 g/mol. The van der Waals surface area contributed by atoms with Gasteiger partial charge in [-0.1, -0.05) is 13.8 Å². The summed E-state index contributed by atoms with van der Waals surface area (Å²) in [4.78, 5) is 48.9. The number of hydrogen-bond acceptors (Lipinski definition) is 4. The number of hydrogen-bond donors (Lipinski definition) is 2. The summed E-state index contributed by atoms with van der Waals surface area (Å²) in [6.45, 7) is 3.77. The molecule has 20 heavy (non-hydrogen) atoms. The van der Waals surface area contributed by atoms with E-state index in [2.05, 4.69) is 10.6 Å².